The van der Waals surface area contributed by atoms with Gasteiger partial charge in [-0.15, -0.1) is 0 Å². The lowest BCUT2D eigenvalue weighted by Gasteiger charge is -2.28. The van der Waals surface area contributed by atoms with Gasteiger partial charge in [0.1, 0.15) is 0 Å². The molecule has 116 valence electrons. The zero-order valence-electron chi connectivity index (χ0n) is 11.7. The van der Waals surface area contributed by atoms with E-state index in [1.807, 2.05) is 0 Å². The number of hydrogen-bond donors (Lipinski definition) is 0. The minimum atomic E-state index is -2.58. The number of methoxy groups -OCH3 is 1. The van der Waals surface area contributed by atoms with E-state index in [0.29, 0.717) is 12.8 Å². The van der Waals surface area contributed by atoms with Gasteiger partial charge in [0.15, 0.2) is 11.6 Å². The second kappa shape index (κ2) is 6.37. The number of hydrogen-bond acceptors (Lipinski definition) is 3. The summed E-state index contributed by atoms with van der Waals surface area (Å²) in [6.07, 6.45) is 0.444. The van der Waals surface area contributed by atoms with Crippen molar-refractivity contribution in [2.45, 2.75) is 31.6 Å². The number of halogens is 3. The number of benzene rings is 1. The zero-order chi connectivity index (χ0) is 15.5. The average molecular weight is 302 g/mol. The van der Waals surface area contributed by atoms with Crippen molar-refractivity contribution >= 4 is 5.97 Å². The fourth-order valence-corrected chi connectivity index (χ4v) is 2.34. The molecule has 0 N–H and O–H groups in total. The molecule has 1 saturated carbocycles. The lowest BCUT2D eigenvalue weighted by Crippen LogP contribution is -2.27. The topological polar surface area (TPSA) is 35.5 Å². The van der Waals surface area contributed by atoms with Crippen LogP contribution in [-0.2, 0) is 4.74 Å². The number of rotatable bonds is 4. The number of carbonyl (C=O) groups excluding carboxylic acids is 1. The van der Waals surface area contributed by atoms with Crippen LogP contribution in [0.2, 0.25) is 0 Å². The van der Waals surface area contributed by atoms with Crippen molar-refractivity contribution in [3.05, 3.63) is 29.6 Å². The van der Waals surface area contributed by atoms with Gasteiger partial charge in [-0.2, -0.15) is 0 Å². The van der Waals surface area contributed by atoms with E-state index < -0.39 is 17.7 Å². The van der Waals surface area contributed by atoms with Crippen molar-refractivity contribution in [2.75, 3.05) is 13.7 Å². The first-order chi connectivity index (χ1) is 9.91. The first-order valence-electron chi connectivity index (χ1n) is 6.80. The van der Waals surface area contributed by atoms with Crippen molar-refractivity contribution < 1.29 is 27.4 Å². The van der Waals surface area contributed by atoms with Crippen molar-refractivity contribution in [1.82, 2.24) is 0 Å². The fraction of sp³-hybridized carbons (Fsp3) is 0.533. The Morgan fingerprint density at radius 2 is 2.00 bits per heavy atom. The van der Waals surface area contributed by atoms with Gasteiger partial charge in [0.05, 0.1) is 19.3 Å². The van der Waals surface area contributed by atoms with Crippen LogP contribution in [-0.4, -0.2) is 25.6 Å². The molecule has 0 unspecified atom stereocenters. The monoisotopic (exact) mass is 302 g/mol. The summed E-state index contributed by atoms with van der Waals surface area (Å²) in [6, 6.07) is 3.79. The Hall–Kier alpha value is -1.72. The lowest BCUT2D eigenvalue weighted by molar-refractivity contribution is -0.0499. The summed E-state index contributed by atoms with van der Waals surface area (Å²) in [4.78, 5) is 11.2. The maximum atomic E-state index is 13.8. The van der Waals surface area contributed by atoms with Gasteiger partial charge in [-0.25, -0.2) is 18.0 Å². The summed E-state index contributed by atoms with van der Waals surface area (Å²) in [5.41, 5.74) is 0.0969. The van der Waals surface area contributed by atoms with Crippen molar-refractivity contribution in [2.24, 2.45) is 5.92 Å². The molecule has 0 spiro atoms. The summed E-state index contributed by atoms with van der Waals surface area (Å²) in [6.45, 7) is 0.199. The van der Waals surface area contributed by atoms with Gasteiger partial charge >= 0.3 is 5.97 Å². The Bertz CT molecular complexity index is 507. The highest BCUT2D eigenvalue weighted by molar-refractivity contribution is 5.89. The Balaban J connectivity index is 1.90. The molecule has 21 heavy (non-hydrogen) atoms. The largest absolute Gasteiger partial charge is 0.490 e. The van der Waals surface area contributed by atoms with Gasteiger partial charge in [0.2, 0.25) is 5.92 Å². The molecule has 0 radical (unpaired) electrons. The summed E-state index contributed by atoms with van der Waals surface area (Å²) in [5, 5.41) is 0. The van der Waals surface area contributed by atoms with Gasteiger partial charge in [-0.3, -0.25) is 0 Å². The van der Waals surface area contributed by atoms with E-state index in [0.717, 1.165) is 6.07 Å². The Morgan fingerprint density at radius 3 is 2.57 bits per heavy atom. The normalized spacial score (nSPS) is 18.3. The fourth-order valence-electron chi connectivity index (χ4n) is 2.34. The van der Waals surface area contributed by atoms with E-state index in [-0.39, 0.29) is 36.7 Å². The van der Waals surface area contributed by atoms with E-state index in [1.165, 1.54) is 19.2 Å². The molecule has 0 heterocycles. The molecule has 1 aliphatic rings. The molecular formula is C15H17F3O3. The molecule has 0 atom stereocenters. The second-order valence-corrected chi connectivity index (χ2v) is 5.25. The molecule has 0 aromatic heterocycles. The lowest BCUT2D eigenvalue weighted by atomic mass is 9.87. The van der Waals surface area contributed by atoms with Crippen LogP contribution in [0.15, 0.2) is 18.2 Å². The molecule has 6 heteroatoms. The van der Waals surface area contributed by atoms with Crippen molar-refractivity contribution in [3.8, 4) is 5.75 Å². The summed E-state index contributed by atoms with van der Waals surface area (Å²) in [5.74, 6) is -3.86. The third-order valence-corrected chi connectivity index (χ3v) is 3.66. The molecule has 1 aromatic carbocycles. The Morgan fingerprint density at radius 1 is 1.33 bits per heavy atom. The molecular weight excluding hydrogens is 285 g/mol. The van der Waals surface area contributed by atoms with Crippen molar-refractivity contribution in [1.29, 1.82) is 0 Å². The highest BCUT2D eigenvalue weighted by Gasteiger charge is 2.35. The smallest absolute Gasteiger partial charge is 0.337 e. The molecule has 0 amide bonds. The molecule has 0 bridgehead atoms. The van der Waals surface area contributed by atoms with E-state index >= 15 is 0 Å². The minimum Gasteiger partial charge on any atom is -0.490 e. The van der Waals surface area contributed by atoms with E-state index in [2.05, 4.69) is 4.74 Å². The van der Waals surface area contributed by atoms with Gasteiger partial charge in [-0.05, 0) is 37.0 Å². The standard InChI is InChI=1S/C15H17F3O3/c1-20-14(19)11-2-3-13(12(16)8-11)21-9-10-4-6-15(17,18)7-5-10/h2-3,8,10H,4-7,9H2,1H3. The molecule has 2 rings (SSSR count). The van der Waals surface area contributed by atoms with Crippen LogP contribution >= 0.6 is 0 Å². The number of carbonyl (C=O) groups is 1. The first kappa shape index (κ1) is 15.7. The van der Waals surface area contributed by atoms with Crippen LogP contribution in [0.5, 0.6) is 5.75 Å². The summed E-state index contributed by atoms with van der Waals surface area (Å²) in [7, 11) is 1.21. The SMILES string of the molecule is COC(=O)c1ccc(OCC2CCC(F)(F)CC2)c(F)c1. The maximum Gasteiger partial charge on any atom is 0.337 e. The molecule has 1 fully saturated rings. The van der Waals surface area contributed by atoms with E-state index in [4.69, 9.17) is 4.74 Å². The van der Waals surface area contributed by atoms with E-state index in [9.17, 15) is 18.0 Å². The van der Waals surface area contributed by atoms with Crippen LogP contribution in [0.3, 0.4) is 0 Å². The Kier molecular flexibility index (Phi) is 4.75. The summed E-state index contributed by atoms with van der Waals surface area (Å²) < 4.78 is 49.6. The molecule has 0 aliphatic heterocycles. The maximum absolute atomic E-state index is 13.8. The van der Waals surface area contributed by atoms with E-state index in [1.54, 1.807) is 0 Å². The molecule has 3 nitrogen and oxygen atoms in total. The third kappa shape index (κ3) is 4.12. The van der Waals surface area contributed by atoms with Crippen LogP contribution in [0.4, 0.5) is 13.2 Å². The zero-order valence-corrected chi connectivity index (χ0v) is 11.7. The van der Waals surface area contributed by atoms with Gasteiger partial charge < -0.3 is 9.47 Å². The molecule has 1 aliphatic carbocycles. The minimum absolute atomic E-state index is 0.00399. The Labute approximate surface area is 121 Å². The van der Waals surface area contributed by atoms with Crippen LogP contribution in [0.25, 0.3) is 0 Å². The van der Waals surface area contributed by atoms with Crippen LogP contribution in [0, 0.1) is 11.7 Å². The summed E-state index contributed by atoms with van der Waals surface area (Å²) >= 11 is 0. The third-order valence-electron chi connectivity index (χ3n) is 3.66. The quantitative estimate of drug-likeness (QED) is 0.793. The van der Waals surface area contributed by atoms with Gasteiger partial charge in [-0.1, -0.05) is 0 Å². The molecule has 1 aromatic rings. The number of alkyl halides is 2. The van der Waals surface area contributed by atoms with Crippen molar-refractivity contribution in [3.63, 3.8) is 0 Å². The predicted molar refractivity (Wildman–Crippen MR) is 70.1 cm³/mol. The highest BCUT2D eigenvalue weighted by Crippen LogP contribution is 2.36. The predicted octanol–water partition coefficient (Wildman–Crippen LogP) is 3.82. The van der Waals surface area contributed by atoms with Crippen LogP contribution in [0.1, 0.15) is 36.0 Å². The molecule has 0 saturated heterocycles. The average Bonchev–Trinajstić information content (AvgIpc) is 2.46. The highest BCUT2D eigenvalue weighted by atomic mass is 19.3. The second-order valence-electron chi connectivity index (χ2n) is 5.25. The number of esters is 1. The number of ether oxygens (including phenoxy) is 2. The van der Waals surface area contributed by atoms with Gasteiger partial charge in [0, 0.05) is 12.8 Å². The van der Waals surface area contributed by atoms with Crippen LogP contribution < -0.4 is 4.74 Å². The first-order valence-corrected chi connectivity index (χ1v) is 6.80. The van der Waals surface area contributed by atoms with Gasteiger partial charge in [0.25, 0.3) is 0 Å².